The second-order valence-electron chi connectivity index (χ2n) is 5.45. The Kier molecular flexibility index (Phi) is 4.40. The van der Waals surface area contributed by atoms with Gasteiger partial charge in [0.2, 0.25) is 5.91 Å². The molecule has 0 aromatic carbocycles. The Balaban J connectivity index is 1.73. The quantitative estimate of drug-likeness (QED) is 0.771. The number of rotatable bonds is 3. The Morgan fingerprint density at radius 2 is 2.24 bits per heavy atom. The predicted octanol–water partition coefficient (Wildman–Crippen LogP) is 0.916. The maximum absolute atomic E-state index is 12.0. The van der Waals surface area contributed by atoms with E-state index in [0.717, 1.165) is 39.0 Å². The van der Waals surface area contributed by atoms with E-state index in [1.54, 1.807) is 0 Å². The molecule has 0 aromatic rings. The summed E-state index contributed by atoms with van der Waals surface area (Å²) in [4.78, 5) is 12.0. The lowest BCUT2D eigenvalue weighted by Gasteiger charge is -2.27. The van der Waals surface area contributed by atoms with E-state index >= 15 is 0 Å². The van der Waals surface area contributed by atoms with Crippen LogP contribution in [-0.2, 0) is 9.53 Å². The van der Waals surface area contributed by atoms with Crippen molar-refractivity contribution in [2.75, 3.05) is 19.7 Å². The summed E-state index contributed by atoms with van der Waals surface area (Å²) in [6, 6.07) is 0.466. The van der Waals surface area contributed by atoms with E-state index in [0.29, 0.717) is 18.1 Å². The van der Waals surface area contributed by atoms with Gasteiger partial charge in [-0.05, 0) is 39.7 Å². The number of amides is 1. The maximum Gasteiger partial charge on any atom is 0.223 e. The molecule has 2 fully saturated rings. The molecule has 2 rings (SSSR count). The minimum absolute atomic E-state index is 0.198. The van der Waals surface area contributed by atoms with Gasteiger partial charge >= 0.3 is 0 Å². The minimum atomic E-state index is 0.198. The molecule has 0 radical (unpaired) electrons. The lowest BCUT2D eigenvalue weighted by molar-refractivity contribution is -0.126. The van der Waals surface area contributed by atoms with Crippen molar-refractivity contribution in [3.63, 3.8) is 0 Å². The molecule has 4 unspecified atom stereocenters. The smallest absolute Gasteiger partial charge is 0.223 e. The molecular formula is C13H24N2O2. The van der Waals surface area contributed by atoms with Crippen LogP contribution in [0.15, 0.2) is 0 Å². The van der Waals surface area contributed by atoms with Crippen LogP contribution in [0, 0.1) is 11.8 Å². The molecule has 2 aliphatic heterocycles. The van der Waals surface area contributed by atoms with E-state index < -0.39 is 0 Å². The average Bonchev–Trinajstić information content (AvgIpc) is 2.72. The average molecular weight is 240 g/mol. The SMILES string of the molecule is CC1CC(C(=O)NCC2CCOC2C)CCN1. The molecule has 0 bridgehead atoms. The summed E-state index contributed by atoms with van der Waals surface area (Å²) in [6.07, 6.45) is 3.29. The maximum atomic E-state index is 12.0. The number of hydrogen-bond acceptors (Lipinski definition) is 3. The zero-order valence-electron chi connectivity index (χ0n) is 10.9. The van der Waals surface area contributed by atoms with Crippen LogP contribution in [0.25, 0.3) is 0 Å². The Labute approximate surface area is 103 Å². The summed E-state index contributed by atoms with van der Waals surface area (Å²) < 4.78 is 5.50. The third-order valence-corrected chi connectivity index (χ3v) is 4.07. The van der Waals surface area contributed by atoms with E-state index in [-0.39, 0.29) is 11.8 Å². The Morgan fingerprint density at radius 3 is 2.88 bits per heavy atom. The van der Waals surface area contributed by atoms with Crippen molar-refractivity contribution >= 4 is 5.91 Å². The zero-order valence-corrected chi connectivity index (χ0v) is 10.9. The second-order valence-corrected chi connectivity index (χ2v) is 5.45. The van der Waals surface area contributed by atoms with E-state index in [9.17, 15) is 4.79 Å². The Morgan fingerprint density at radius 1 is 1.41 bits per heavy atom. The molecule has 98 valence electrons. The third-order valence-electron chi connectivity index (χ3n) is 4.07. The summed E-state index contributed by atoms with van der Waals surface area (Å²) in [5, 5.41) is 6.47. The normalized spacial score (nSPS) is 38.0. The van der Waals surface area contributed by atoms with Crippen molar-refractivity contribution in [1.82, 2.24) is 10.6 Å². The van der Waals surface area contributed by atoms with Crippen LogP contribution in [0.1, 0.15) is 33.1 Å². The number of carbonyl (C=O) groups excluding carboxylic acids is 1. The van der Waals surface area contributed by atoms with Crippen LogP contribution >= 0.6 is 0 Å². The second kappa shape index (κ2) is 5.83. The summed E-state index contributed by atoms with van der Waals surface area (Å²) >= 11 is 0. The van der Waals surface area contributed by atoms with Crippen LogP contribution < -0.4 is 10.6 Å². The van der Waals surface area contributed by atoms with Crippen LogP contribution in [-0.4, -0.2) is 37.7 Å². The Hall–Kier alpha value is -0.610. The molecule has 4 nitrogen and oxygen atoms in total. The lowest BCUT2D eigenvalue weighted by atomic mass is 9.92. The summed E-state index contributed by atoms with van der Waals surface area (Å²) in [7, 11) is 0. The molecule has 2 saturated heterocycles. The van der Waals surface area contributed by atoms with Gasteiger partial charge in [-0.2, -0.15) is 0 Å². The summed E-state index contributed by atoms with van der Waals surface area (Å²) in [5.41, 5.74) is 0. The number of carbonyl (C=O) groups is 1. The van der Waals surface area contributed by atoms with Crippen molar-refractivity contribution in [2.24, 2.45) is 11.8 Å². The van der Waals surface area contributed by atoms with Gasteiger partial charge in [0, 0.05) is 31.0 Å². The fourth-order valence-corrected chi connectivity index (χ4v) is 2.79. The molecule has 0 aromatic heterocycles. The van der Waals surface area contributed by atoms with E-state index in [1.807, 2.05) is 0 Å². The van der Waals surface area contributed by atoms with Crippen molar-refractivity contribution in [3.8, 4) is 0 Å². The summed E-state index contributed by atoms with van der Waals surface area (Å²) in [5.74, 6) is 0.930. The first-order valence-electron chi connectivity index (χ1n) is 6.79. The highest BCUT2D eigenvalue weighted by Gasteiger charge is 2.27. The van der Waals surface area contributed by atoms with Gasteiger partial charge in [0.15, 0.2) is 0 Å². The molecule has 4 atom stereocenters. The standard InChI is InChI=1S/C13H24N2O2/c1-9-7-11(3-5-14-9)13(16)15-8-12-4-6-17-10(12)2/h9-12,14H,3-8H2,1-2H3,(H,15,16). The fraction of sp³-hybridized carbons (Fsp3) is 0.923. The highest BCUT2D eigenvalue weighted by Crippen LogP contribution is 2.20. The van der Waals surface area contributed by atoms with Gasteiger partial charge in [0.05, 0.1) is 6.10 Å². The molecule has 2 aliphatic rings. The van der Waals surface area contributed by atoms with E-state index in [2.05, 4.69) is 24.5 Å². The summed E-state index contributed by atoms with van der Waals surface area (Å²) in [6.45, 7) is 6.81. The molecule has 2 heterocycles. The first-order valence-corrected chi connectivity index (χ1v) is 6.79. The van der Waals surface area contributed by atoms with E-state index in [1.165, 1.54) is 0 Å². The monoisotopic (exact) mass is 240 g/mol. The van der Waals surface area contributed by atoms with Crippen LogP contribution in [0.3, 0.4) is 0 Å². The molecule has 0 saturated carbocycles. The first kappa shape index (κ1) is 12.8. The van der Waals surface area contributed by atoms with Gasteiger partial charge in [-0.3, -0.25) is 4.79 Å². The van der Waals surface area contributed by atoms with Crippen LogP contribution in [0.4, 0.5) is 0 Å². The van der Waals surface area contributed by atoms with Crippen LogP contribution in [0.5, 0.6) is 0 Å². The number of ether oxygens (including phenoxy) is 1. The first-order chi connectivity index (χ1) is 8.16. The molecule has 0 aliphatic carbocycles. The zero-order chi connectivity index (χ0) is 12.3. The third kappa shape index (κ3) is 3.42. The highest BCUT2D eigenvalue weighted by molar-refractivity contribution is 5.78. The minimum Gasteiger partial charge on any atom is -0.378 e. The van der Waals surface area contributed by atoms with Gasteiger partial charge in [0.1, 0.15) is 0 Å². The number of hydrogen-bond donors (Lipinski definition) is 2. The molecule has 0 spiro atoms. The fourth-order valence-electron chi connectivity index (χ4n) is 2.79. The van der Waals surface area contributed by atoms with Gasteiger partial charge in [-0.1, -0.05) is 0 Å². The van der Waals surface area contributed by atoms with Gasteiger partial charge < -0.3 is 15.4 Å². The van der Waals surface area contributed by atoms with Crippen LogP contribution in [0.2, 0.25) is 0 Å². The van der Waals surface area contributed by atoms with Gasteiger partial charge in [0.25, 0.3) is 0 Å². The van der Waals surface area contributed by atoms with Crippen molar-refractivity contribution in [3.05, 3.63) is 0 Å². The number of nitrogens with one attached hydrogen (secondary N) is 2. The van der Waals surface area contributed by atoms with Gasteiger partial charge in [-0.25, -0.2) is 0 Å². The van der Waals surface area contributed by atoms with Crippen molar-refractivity contribution in [2.45, 2.75) is 45.3 Å². The molecule has 1 amide bonds. The highest BCUT2D eigenvalue weighted by atomic mass is 16.5. The van der Waals surface area contributed by atoms with Crippen molar-refractivity contribution < 1.29 is 9.53 Å². The van der Waals surface area contributed by atoms with Crippen molar-refractivity contribution in [1.29, 1.82) is 0 Å². The number of piperidine rings is 1. The largest absolute Gasteiger partial charge is 0.378 e. The molecule has 2 N–H and O–H groups in total. The van der Waals surface area contributed by atoms with Gasteiger partial charge in [-0.15, -0.1) is 0 Å². The molecule has 4 heteroatoms. The predicted molar refractivity (Wildman–Crippen MR) is 66.7 cm³/mol. The topological polar surface area (TPSA) is 50.4 Å². The molecular weight excluding hydrogens is 216 g/mol. The lowest BCUT2D eigenvalue weighted by Crippen LogP contribution is -2.43. The van der Waals surface area contributed by atoms with E-state index in [4.69, 9.17) is 4.74 Å². The molecule has 17 heavy (non-hydrogen) atoms. The Bertz CT molecular complexity index is 270.